The summed E-state index contributed by atoms with van der Waals surface area (Å²) in [7, 11) is 0. The number of piperidine rings is 1. The molecule has 1 atom stereocenters. The predicted octanol–water partition coefficient (Wildman–Crippen LogP) is -0.241. The Bertz CT molecular complexity index is 1150. The lowest BCUT2D eigenvalue weighted by Crippen LogP contribution is -2.54. The fourth-order valence-corrected chi connectivity index (χ4v) is 4.10. The van der Waals surface area contributed by atoms with Crippen molar-refractivity contribution in [2.24, 2.45) is 0 Å². The molecule has 2 N–H and O–H groups in total. The first-order valence-corrected chi connectivity index (χ1v) is 13.5. The van der Waals surface area contributed by atoms with Gasteiger partial charge in [0.25, 0.3) is 11.8 Å². The van der Waals surface area contributed by atoms with E-state index in [1.807, 2.05) is 0 Å². The summed E-state index contributed by atoms with van der Waals surface area (Å²) in [5.74, 6) is -0.699. The molecule has 5 amide bonds. The number of hydrogen-bond acceptors (Lipinski definition) is 11. The van der Waals surface area contributed by atoms with Crippen LogP contribution in [0.2, 0.25) is 0 Å². The van der Waals surface area contributed by atoms with Crippen LogP contribution in [0.4, 0.5) is 5.69 Å². The minimum atomic E-state index is -1.10. The third kappa shape index (κ3) is 9.98. The van der Waals surface area contributed by atoms with Gasteiger partial charge in [-0.3, -0.25) is 34.2 Å². The van der Waals surface area contributed by atoms with Crippen LogP contribution in [0, 0.1) is 12.3 Å². The van der Waals surface area contributed by atoms with E-state index in [1.54, 1.807) is 0 Å². The first-order chi connectivity index (χ1) is 20.4. The number of carbonyl (C=O) groups is 5. The molecule has 1 saturated heterocycles. The van der Waals surface area contributed by atoms with Crippen LogP contribution in [0.25, 0.3) is 0 Å². The Hall–Kier alpha value is -3.71. The maximum absolute atomic E-state index is 13.1. The van der Waals surface area contributed by atoms with E-state index in [1.165, 1.54) is 18.2 Å². The fourth-order valence-electron chi connectivity index (χ4n) is 4.10. The highest BCUT2D eigenvalue weighted by Crippen LogP contribution is 2.32. The maximum atomic E-state index is 13.1. The lowest BCUT2D eigenvalue weighted by atomic mass is 10.0. The molecule has 0 bridgehead atoms. The average molecular weight is 590 g/mol. The van der Waals surface area contributed by atoms with Gasteiger partial charge in [-0.25, -0.2) is 0 Å². The number of nitrogens with zero attached hydrogens (tertiary/aromatic N) is 1. The van der Waals surface area contributed by atoms with Crippen LogP contribution in [-0.4, -0.2) is 120 Å². The fraction of sp³-hybridized carbons (Fsp3) is 0.536. The number of fused-ring (bicyclic) bond motifs is 1. The summed E-state index contributed by atoms with van der Waals surface area (Å²) >= 11 is 0. The van der Waals surface area contributed by atoms with E-state index in [0.717, 1.165) is 4.90 Å². The van der Waals surface area contributed by atoms with Crippen LogP contribution in [0.3, 0.4) is 0 Å². The molecule has 0 saturated carbocycles. The average Bonchev–Trinajstić information content (AvgIpc) is 3.22. The molecule has 0 radical (unpaired) electrons. The Balaban J connectivity index is 1.24. The molecule has 0 spiro atoms. The van der Waals surface area contributed by atoms with Crippen molar-refractivity contribution in [3.8, 4) is 12.3 Å². The van der Waals surface area contributed by atoms with Gasteiger partial charge in [-0.1, -0.05) is 12.0 Å². The van der Waals surface area contributed by atoms with Crippen molar-refractivity contribution < 1.29 is 52.4 Å². The smallest absolute Gasteiger partial charge is 0.264 e. The molecule has 14 heteroatoms. The van der Waals surface area contributed by atoms with Crippen molar-refractivity contribution in [2.75, 3.05) is 84.6 Å². The molecule has 1 fully saturated rings. The third-order valence-electron chi connectivity index (χ3n) is 6.02. The number of imide groups is 2. The quantitative estimate of drug-likeness (QED) is 0.117. The van der Waals surface area contributed by atoms with Crippen molar-refractivity contribution in [1.29, 1.82) is 0 Å². The molecular formula is C28H35N3O11. The van der Waals surface area contributed by atoms with Crippen LogP contribution in [0.5, 0.6) is 0 Å². The highest BCUT2D eigenvalue weighted by atomic mass is 16.6. The lowest BCUT2D eigenvalue weighted by molar-refractivity contribution is -0.136. The number of amides is 5. The van der Waals surface area contributed by atoms with Gasteiger partial charge in [0, 0.05) is 6.42 Å². The Kier molecular flexibility index (Phi) is 14.0. The molecule has 1 aromatic rings. The minimum absolute atomic E-state index is 0.00951. The van der Waals surface area contributed by atoms with Crippen LogP contribution in [0.1, 0.15) is 33.6 Å². The van der Waals surface area contributed by atoms with Gasteiger partial charge in [-0.15, -0.1) is 6.42 Å². The molecule has 0 aliphatic carbocycles. The van der Waals surface area contributed by atoms with E-state index in [2.05, 4.69) is 16.6 Å². The maximum Gasteiger partial charge on any atom is 0.264 e. The van der Waals surface area contributed by atoms with Crippen molar-refractivity contribution in [2.45, 2.75) is 18.9 Å². The zero-order valence-electron chi connectivity index (χ0n) is 23.2. The van der Waals surface area contributed by atoms with E-state index < -0.39 is 35.6 Å². The van der Waals surface area contributed by atoms with Crippen LogP contribution in [0.15, 0.2) is 18.2 Å². The van der Waals surface area contributed by atoms with Crippen molar-refractivity contribution in [3.63, 3.8) is 0 Å². The van der Waals surface area contributed by atoms with Gasteiger partial charge >= 0.3 is 0 Å². The first kappa shape index (κ1) is 32.8. The van der Waals surface area contributed by atoms with Gasteiger partial charge in [-0.2, -0.15) is 0 Å². The second-order valence-corrected chi connectivity index (χ2v) is 8.98. The highest BCUT2D eigenvalue weighted by Gasteiger charge is 2.45. The summed E-state index contributed by atoms with van der Waals surface area (Å²) in [5, 5.41) is 4.72. The number of anilines is 1. The summed E-state index contributed by atoms with van der Waals surface area (Å²) in [5.41, 5.74) is 0.188. The zero-order valence-corrected chi connectivity index (χ0v) is 23.2. The molecule has 2 aliphatic heterocycles. The summed E-state index contributed by atoms with van der Waals surface area (Å²) in [6.45, 7) is 3.70. The standard InChI is InChI=1S/C28H35N3O11/c1-2-8-37-9-10-38-11-12-39-13-14-40-15-16-41-17-18-42-19-24(33)29-21-5-3-4-20-25(21)28(36)31(27(20)35)22-6-7-23(32)30-26(22)34/h1,3-5,22H,6-19H2,(H,29,33)(H,30,32,34). The molecule has 1 aromatic carbocycles. The number of rotatable bonds is 20. The van der Waals surface area contributed by atoms with Gasteiger partial charge in [0.15, 0.2) is 0 Å². The number of ether oxygens (including phenoxy) is 6. The molecule has 42 heavy (non-hydrogen) atoms. The molecule has 14 nitrogen and oxygen atoms in total. The zero-order chi connectivity index (χ0) is 30.2. The van der Waals surface area contributed by atoms with E-state index in [0.29, 0.717) is 52.9 Å². The molecule has 228 valence electrons. The third-order valence-corrected chi connectivity index (χ3v) is 6.02. The topological polar surface area (TPSA) is 168 Å². The second kappa shape index (κ2) is 18.0. The Labute approximate surface area is 243 Å². The van der Waals surface area contributed by atoms with Gasteiger partial charge < -0.3 is 33.7 Å². The van der Waals surface area contributed by atoms with Gasteiger partial charge in [-0.05, 0) is 18.6 Å². The van der Waals surface area contributed by atoms with Crippen molar-refractivity contribution in [1.82, 2.24) is 10.2 Å². The normalized spacial score (nSPS) is 16.4. The number of nitrogens with one attached hydrogen (secondary N) is 2. The minimum Gasteiger partial charge on any atom is -0.377 e. The molecular weight excluding hydrogens is 554 g/mol. The van der Waals surface area contributed by atoms with E-state index in [9.17, 15) is 24.0 Å². The highest BCUT2D eigenvalue weighted by molar-refractivity contribution is 6.26. The number of hydrogen-bond donors (Lipinski definition) is 2. The summed E-state index contributed by atoms with van der Waals surface area (Å²) in [6, 6.07) is 3.35. The van der Waals surface area contributed by atoms with E-state index in [4.69, 9.17) is 34.8 Å². The molecule has 2 heterocycles. The molecule has 1 unspecified atom stereocenters. The van der Waals surface area contributed by atoms with Gasteiger partial charge in [0.1, 0.15) is 19.3 Å². The van der Waals surface area contributed by atoms with Crippen LogP contribution < -0.4 is 10.6 Å². The number of carbonyl (C=O) groups excluding carboxylic acids is 5. The van der Waals surface area contributed by atoms with Crippen LogP contribution >= 0.6 is 0 Å². The SMILES string of the molecule is C#CCOCCOCCOCCOCCOCCOCC(=O)Nc1cccc2c1C(=O)N(C1CCC(=O)NC1=O)C2=O. The van der Waals surface area contributed by atoms with Gasteiger partial charge in [0.2, 0.25) is 17.7 Å². The number of terminal acetylenes is 1. The largest absolute Gasteiger partial charge is 0.377 e. The van der Waals surface area contributed by atoms with E-state index >= 15 is 0 Å². The summed E-state index contributed by atoms with van der Waals surface area (Å²) in [4.78, 5) is 62.9. The Morgan fingerprint density at radius 3 is 2.00 bits per heavy atom. The first-order valence-electron chi connectivity index (χ1n) is 13.5. The van der Waals surface area contributed by atoms with Crippen molar-refractivity contribution >= 4 is 35.2 Å². The van der Waals surface area contributed by atoms with E-state index in [-0.39, 0.29) is 56.1 Å². The van der Waals surface area contributed by atoms with Crippen molar-refractivity contribution in [3.05, 3.63) is 29.3 Å². The molecule has 2 aliphatic rings. The monoisotopic (exact) mass is 589 g/mol. The lowest BCUT2D eigenvalue weighted by Gasteiger charge is -2.27. The van der Waals surface area contributed by atoms with Gasteiger partial charge in [0.05, 0.1) is 82.9 Å². The Morgan fingerprint density at radius 2 is 1.43 bits per heavy atom. The predicted molar refractivity (Wildman–Crippen MR) is 145 cm³/mol. The van der Waals surface area contributed by atoms with Crippen LogP contribution in [-0.2, 0) is 42.8 Å². The molecule has 3 rings (SSSR count). The summed E-state index contributed by atoms with van der Waals surface area (Å²) in [6.07, 6.45) is 5.12. The number of benzene rings is 1. The second-order valence-electron chi connectivity index (χ2n) is 8.98. The molecule has 0 aromatic heterocycles. The summed E-state index contributed by atoms with van der Waals surface area (Å²) < 4.78 is 31.9. The Morgan fingerprint density at radius 1 is 0.857 bits per heavy atom.